The molecule has 0 aliphatic carbocycles. The molecule has 1 N–H and O–H groups in total. The molecule has 0 amide bonds. The number of fused-ring (bicyclic) bond motifs is 1. The standard InChI is InChI=1S/C5H8O3/c6-1-3-5-4(8-5)2-7-3/h3-6H,1-2H2/t3-,4+,5-/m1/s1. The minimum absolute atomic E-state index is 0.0278. The first-order valence-corrected chi connectivity index (χ1v) is 2.80. The number of aliphatic hydroxyl groups is 1. The van der Waals surface area contributed by atoms with Crippen LogP contribution in [0.4, 0.5) is 0 Å². The van der Waals surface area contributed by atoms with Crippen molar-refractivity contribution in [3.63, 3.8) is 0 Å². The Bertz CT molecular complexity index is 104. The van der Waals surface area contributed by atoms with Gasteiger partial charge in [0, 0.05) is 0 Å². The lowest BCUT2D eigenvalue weighted by Crippen LogP contribution is -2.18. The Kier molecular flexibility index (Phi) is 0.848. The van der Waals surface area contributed by atoms with Gasteiger partial charge in [-0.25, -0.2) is 0 Å². The molecule has 2 aliphatic heterocycles. The highest BCUT2D eigenvalue weighted by Crippen LogP contribution is 2.33. The van der Waals surface area contributed by atoms with E-state index >= 15 is 0 Å². The summed E-state index contributed by atoms with van der Waals surface area (Å²) in [6.45, 7) is 0.775. The first kappa shape index (κ1) is 4.73. The number of rotatable bonds is 1. The highest BCUT2D eigenvalue weighted by atomic mass is 16.7. The van der Waals surface area contributed by atoms with Crippen molar-refractivity contribution in [1.82, 2.24) is 0 Å². The third-order valence-corrected chi connectivity index (χ3v) is 1.64. The molecule has 2 heterocycles. The zero-order chi connectivity index (χ0) is 5.56. The third-order valence-electron chi connectivity index (χ3n) is 1.64. The normalized spacial score (nSPS) is 51.4. The molecule has 3 heteroatoms. The van der Waals surface area contributed by atoms with Crippen LogP contribution in [0.2, 0.25) is 0 Å². The van der Waals surface area contributed by atoms with Crippen molar-refractivity contribution in [3.8, 4) is 0 Å². The summed E-state index contributed by atoms with van der Waals surface area (Å²) < 4.78 is 10.2. The van der Waals surface area contributed by atoms with Crippen molar-refractivity contribution < 1.29 is 14.6 Å². The van der Waals surface area contributed by atoms with E-state index in [2.05, 4.69) is 0 Å². The quantitative estimate of drug-likeness (QED) is 0.453. The molecule has 3 nitrogen and oxygen atoms in total. The molecule has 46 valence electrons. The van der Waals surface area contributed by atoms with Gasteiger partial charge in [-0.2, -0.15) is 0 Å². The predicted octanol–water partition coefficient (Wildman–Crippen LogP) is -0.855. The highest BCUT2D eigenvalue weighted by molar-refractivity contribution is 4.96. The summed E-state index contributed by atoms with van der Waals surface area (Å²) in [5.41, 5.74) is 0. The Morgan fingerprint density at radius 2 is 2.50 bits per heavy atom. The van der Waals surface area contributed by atoms with Crippen LogP contribution in [0, 0.1) is 0 Å². The van der Waals surface area contributed by atoms with Gasteiger partial charge < -0.3 is 14.6 Å². The van der Waals surface area contributed by atoms with Crippen molar-refractivity contribution in [2.45, 2.75) is 18.3 Å². The summed E-state index contributed by atoms with van der Waals surface area (Å²) >= 11 is 0. The molecule has 8 heavy (non-hydrogen) atoms. The molecule has 0 aromatic rings. The second kappa shape index (κ2) is 1.43. The second-order valence-electron chi connectivity index (χ2n) is 2.19. The lowest BCUT2D eigenvalue weighted by atomic mass is 10.2. The molecule has 0 aromatic heterocycles. The highest BCUT2D eigenvalue weighted by Gasteiger charge is 2.51. The lowest BCUT2D eigenvalue weighted by Gasteiger charge is -2.04. The Hall–Kier alpha value is -0.120. The van der Waals surface area contributed by atoms with Gasteiger partial charge in [0.05, 0.1) is 13.2 Å². The Morgan fingerprint density at radius 1 is 1.62 bits per heavy atom. The molecule has 0 bridgehead atoms. The SMILES string of the molecule is OC[C@H]1OC[C@@H]2O[C@@H]21. The van der Waals surface area contributed by atoms with Crippen molar-refractivity contribution in [2.75, 3.05) is 13.2 Å². The van der Waals surface area contributed by atoms with E-state index in [4.69, 9.17) is 14.6 Å². The van der Waals surface area contributed by atoms with E-state index in [1.54, 1.807) is 0 Å². The summed E-state index contributed by atoms with van der Waals surface area (Å²) in [7, 11) is 0. The van der Waals surface area contributed by atoms with Gasteiger partial charge in [-0.05, 0) is 0 Å². The summed E-state index contributed by atoms with van der Waals surface area (Å²) in [5.74, 6) is 0. The van der Waals surface area contributed by atoms with Crippen molar-refractivity contribution in [3.05, 3.63) is 0 Å². The molecule has 0 unspecified atom stereocenters. The van der Waals surface area contributed by atoms with Gasteiger partial charge in [0.2, 0.25) is 0 Å². The van der Waals surface area contributed by atoms with Crippen LogP contribution < -0.4 is 0 Å². The molecule has 2 fully saturated rings. The van der Waals surface area contributed by atoms with E-state index in [0.29, 0.717) is 12.7 Å². The molecule has 0 saturated carbocycles. The molecule has 2 saturated heterocycles. The number of aliphatic hydroxyl groups excluding tert-OH is 1. The van der Waals surface area contributed by atoms with E-state index in [1.807, 2.05) is 0 Å². The van der Waals surface area contributed by atoms with Gasteiger partial charge in [-0.3, -0.25) is 0 Å². The summed E-state index contributed by atoms with van der Waals surface area (Å²) in [6.07, 6.45) is 0.507. The molecule has 0 spiro atoms. The van der Waals surface area contributed by atoms with Crippen molar-refractivity contribution >= 4 is 0 Å². The average molecular weight is 116 g/mol. The maximum absolute atomic E-state index is 8.56. The molecular formula is C5H8O3. The van der Waals surface area contributed by atoms with Crippen molar-refractivity contribution in [1.29, 1.82) is 0 Å². The van der Waals surface area contributed by atoms with Crippen LogP contribution in [0.1, 0.15) is 0 Å². The average Bonchev–Trinajstić information content (AvgIpc) is 2.46. The Morgan fingerprint density at radius 3 is 2.75 bits per heavy atom. The summed E-state index contributed by atoms with van der Waals surface area (Å²) in [6, 6.07) is 0. The van der Waals surface area contributed by atoms with E-state index in [0.717, 1.165) is 0 Å². The van der Waals surface area contributed by atoms with Crippen LogP contribution in [-0.4, -0.2) is 36.6 Å². The summed E-state index contributed by atoms with van der Waals surface area (Å²) in [4.78, 5) is 0. The zero-order valence-electron chi connectivity index (χ0n) is 4.41. The predicted molar refractivity (Wildman–Crippen MR) is 25.5 cm³/mol. The van der Waals surface area contributed by atoms with E-state index in [1.165, 1.54) is 0 Å². The molecule has 2 rings (SSSR count). The minimum Gasteiger partial charge on any atom is -0.394 e. The van der Waals surface area contributed by atoms with Gasteiger partial charge in [0.25, 0.3) is 0 Å². The van der Waals surface area contributed by atoms with Gasteiger partial charge in [-0.1, -0.05) is 0 Å². The van der Waals surface area contributed by atoms with Gasteiger partial charge in [-0.15, -0.1) is 0 Å². The van der Waals surface area contributed by atoms with Crippen molar-refractivity contribution in [2.24, 2.45) is 0 Å². The van der Waals surface area contributed by atoms with Crippen LogP contribution in [0.25, 0.3) is 0 Å². The maximum atomic E-state index is 8.56. The van der Waals surface area contributed by atoms with Gasteiger partial charge >= 0.3 is 0 Å². The monoisotopic (exact) mass is 116 g/mol. The van der Waals surface area contributed by atoms with E-state index in [-0.39, 0.29) is 18.8 Å². The van der Waals surface area contributed by atoms with E-state index < -0.39 is 0 Å². The number of ether oxygens (including phenoxy) is 2. The first-order chi connectivity index (χ1) is 3.92. The maximum Gasteiger partial charge on any atom is 0.115 e. The Labute approximate surface area is 47.2 Å². The first-order valence-electron chi connectivity index (χ1n) is 2.80. The molecule has 3 atom stereocenters. The fourth-order valence-corrected chi connectivity index (χ4v) is 1.09. The lowest BCUT2D eigenvalue weighted by molar-refractivity contribution is -0.00339. The topological polar surface area (TPSA) is 42.0 Å². The number of epoxide rings is 1. The Balaban J connectivity index is 1.97. The molecule has 0 radical (unpaired) electrons. The van der Waals surface area contributed by atoms with Crippen LogP contribution in [-0.2, 0) is 9.47 Å². The fraction of sp³-hybridized carbons (Fsp3) is 1.00. The van der Waals surface area contributed by atoms with Gasteiger partial charge in [0.1, 0.15) is 18.3 Å². The van der Waals surface area contributed by atoms with Crippen LogP contribution in [0.15, 0.2) is 0 Å². The van der Waals surface area contributed by atoms with Crippen LogP contribution >= 0.6 is 0 Å². The minimum atomic E-state index is -0.0278. The van der Waals surface area contributed by atoms with Crippen LogP contribution in [0.3, 0.4) is 0 Å². The molecule has 0 aromatic carbocycles. The van der Waals surface area contributed by atoms with Gasteiger partial charge in [0.15, 0.2) is 0 Å². The molecule has 2 aliphatic rings. The third kappa shape index (κ3) is 0.491. The summed E-state index contributed by atoms with van der Waals surface area (Å²) in [5, 5.41) is 8.56. The fourth-order valence-electron chi connectivity index (χ4n) is 1.09. The second-order valence-corrected chi connectivity index (χ2v) is 2.19. The zero-order valence-corrected chi connectivity index (χ0v) is 4.41. The number of hydrogen-bond acceptors (Lipinski definition) is 3. The largest absolute Gasteiger partial charge is 0.394 e. The van der Waals surface area contributed by atoms with Crippen LogP contribution in [0.5, 0.6) is 0 Å². The molecular weight excluding hydrogens is 108 g/mol. The van der Waals surface area contributed by atoms with E-state index in [9.17, 15) is 0 Å². The smallest absolute Gasteiger partial charge is 0.115 e. The number of hydrogen-bond donors (Lipinski definition) is 1.